The molecule has 0 unspecified atom stereocenters. The van der Waals surface area contributed by atoms with Crippen LogP contribution >= 0.6 is 15.9 Å². The molecule has 6 heteroatoms. The standard InChI is InChI=1S/C11H13BrN2O3/c12-8-1-4-10(11(7-8)14(16)17)13(5-6-15)9-2-3-9/h1,4,7,9,15H,2-3,5-6H2. The number of hydrogen-bond acceptors (Lipinski definition) is 4. The molecule has 1 fully saturated rings. The normalized spacial score (nSPS) is 14.7. The topological polar surface area (TPSA) is 66.6 Å². The molecule has 1 aromatic rings. The summed E-state index contributed by atoms with van der Waals surface area (Å²) in [7, 11) is 0. The van der Waals surface area contributed by atoms with Crippen LogP contribution in [0.5, 0.6) is 0 Å². The molecule has 0 aromatic heterocycles. The second-order valence-corrected chi connectivity index (χ2v) is 4.95. The van der Waals surface area contributed by atoms with Gasteiger partial charge < -0.3 is 10.0 Å². The minimum atomic E-state index is -0.382. The Morgan fingerprint density at radius 3 is 2.76 bits per heavy atom. The third-order valence-electron chi connectivity index (χ3n) is 2.77. The van der Waals surface area contributed by atoms with Gasteiger partial charge in [0.2, 0.25) is 0 Å². The van der Waals surface area contributed by atoms with Crippen LogP contribution in [-0.2, 0) is 0 Å². The Kier molecular flexibility index (Phi) is 3.63. The number of aliphatic hydroxyl groups is 1. The quantitative estimate of drug-likeness (QED) is 0.669. The lowest BCUT2D eigenvalue weighted by molar-refractivity contribution is -0.384. The number of halogens is 1. The number of nitrogens with zero attached hydrogens (tertiary/aromatic N) is 2. The maximum absolute atomic E-state index is 11.0. The van der Waals surface area contributed by atoms with E-state index in [1.54, 1.807) is 12.1 Å². The molecule has 0 atom stereocenters. The van der Waals surface area contributed by atoms with Crippen LogP contribution in [0, 0.1) is 10.1 Å². The Morgan fingerprint density at radius 2 is 2.24 bits per heavy atom. The van der Waals surface area contributed by atoms with Gasteiger partial charge in [-0.2, -0.15) is 0 Å². The van der Waals surface area contributed by atoms with Crippen LogP contribution in [0.25, 0.3) is 0 Å². The van der Waals surface area contributed by atoms with Gasteiger partial charge in [-0.1, -0.05) is 15.9 Å². The summed E-state index contributed by atoms with van der Waals surface area (Å²) in [5.41, 5.74) is 0.675. The molecule has 0 radical (unpaired) electrons. The van der Waals surface area contributed by atoms with Crippen LogP contribution in [0.2, 0.25) is 0 Å². The predicted molar refractivity (Wildman–Crippen MR) is 68.3 cm³/mol. The van der Waals surface area contributed by atoms with Crippen LogP contribution in [0.4, 0.5) is 11.4 Å². The van der Waals surface area contributed by atoms with Crippen LogP contribution in [0.1, 0.15) is 12.8 Å². The molecular weight excluding hydrogens is 288 g/mol. The molecule has 0 saturated heterocycles. The van der Waals surface area contributed by atoms with E-state index >= 15 is 0 Å². The lowest BCUT2D eigenvalue weighted by Crippen LogP contribution is -2.29. The molecule has 0 amide bonds. The van der Waals surface area contributed by atoms with Crippen molar-refractivity contribution in [2.45, 2.75) is 18.9 Å². The van der Waals surface area contributed by atoms with E-state index in [1.165, 1.54) is 6.07 Å². The van der Waals surface area contributed by atoms with Crippen molar-refractivity contribution in [2.75, 3.05) is 18.1 Å². The molecule has 5 nitrogen and oxygen atoms in total. The van der Waals surface area contributed by atoms with E-state index in [0.29, 0.717) is 22.7 Å². The molecule has 0 spiro atoms. The summed E-state index contributed by atoms with van der Waals surface area (Å²) in [5.74, 6) is 0. The summed E-state index contributed by atoms with van der Waals surface area (Å²) >= 11 is 3.23. The van der Waals surface area contributed by atoms with Crippen molar-refractivity contribution in [1.82, 2.24) is 0 Å². The summed E-state index contributed by atoms with van der Waals surface area (Å²) in [4.78, 5) is 12.6. The van der Waals surface area contributed by atoms with Gasteiger partial charge in [0, 0.05) is 23.1 Å². The van der Waals surface area contributed by atoms with E-state index in [4.69, 9.17) is 5.11 Å². The highest BCUT2D eigenvalue weighted by atomic mass is 79.9. The first kappa shape index (κ1) is 12.3. The second kappa shape index (κ2) is 5.01. The number of benzene rings is 1. The van der Waals surface area contributed by atoms with Crippen LogP contribution in [0.15, 0.2) is 22.7 Å². The van der Waals surface area contributed by atoms with Crippen molar-refractivity contribution in [3.8, 4) is 0 Å². The highest BCUT2D eigenvalue weighted by Gasteiger charge is 2.32. The summed E-state index contributed by atoms with van der Waals surface area (Å²) < 4.78 is 0.688. The summed E-state index contributed by atoms with van der Waals surface area (Å²) in [5, 5.41) is 20.1. The molecule has 1 aliphatic rings. The highest BCUT2D eigenvalue weighted by Crippen LogP contribution is 2.37. The molecule has 17 heavy (non-hydrogen) atoms. The number of aliphatic hydroxyl groups excluding tert-OH is 1. The van der Waals surface area contributed by atoms with Crippen molar-refractivity contribution < 1.29 is 10.0 Å². The Bertz CT molecular complexity index is 435. The Balaban J connectivity index is 2.37. The second-order valence-electron chi connectivity index (χ2n) is 4.04. The monoisotopic (exact) mass is 300 g/mol. The lowest BCUT2D eigenvalue weighted by Gasteiger charge is -2.23. The van der Waals surface area contributed by atoms with Crippen molar-refractivity contribution in [3.63, 3.8) is 0 Å². The maximum Gasteiger partial charge on any atom is 0.293 e. The fourth-order valence-electron chi connectivity index (χ4n) is 1.88. The fraction of sp³-hybridized carbons (Fsp3) is 0.455. The summed E-state index contributed by atoms with van der Waals surface area (Å²) in [6, 6.07) is 5.36. The van der Waals surface area contributed by atoms with Gasteiger partial charge in [-0.25, -0.2) is 0 Å². The fourth-order valence-corrected chi connectivity index (χ4v) is 2.23. The molecule has 1 aromatic carbocycles. The van der Waals surface area contributed by atoms with E-state index in [1.807, 2.05) is 4.90 Å². The van der Waals surface area contributed by atoms with Gasteiger partial charge in [-0.3, -0.25) is 10.1 Å². The SMILES string of the molecule is O=[N+]([O-])c1cc(Br)ccc1N(CCO)C1CC1. The maximum atomic E-state index is 11.0. The van der Waals surface area contributed by atoms with Crippen LogP contribution < -0.4 is 4.90 Å². The zero-order chi connectivity index (χ0) is 12.4. The molecule has 1 saturated carbocycles. The Labute approximate surface area is 107 Å². The van der Waals surface area contributed by atoms with Crippen molar-refractivity contribution in [2.24, 2.45) is 0 Å². The molecule has 92 valence electrons. The molecule has 1 aliphatic carbocycles. The molecule has 0 heterocycles. The third-order valence-corrected chi connectivity index (χ3v) is 3.27. The minimum absolute atomic E-state index is 0.00369. The molecule has 1 N–H and O–H groups in total. The lowest BCUT2D eigenvalue weighted by atomic mass is 10.2. The van der Waals surface area contributed by atoms with Crippen molar-refractivity contribution >= 4 is 27.3 Å². The largest absolute Gasteiger partial charge is 0.395 e. The summed E-state index contributed by atoms with van der Waals surface area (Å²) in [6.07, 6.45) is 2.07. The molecule has 2 rings (SSSR count). The van der Waals surface area contributed by atoms with E-state index < -0.39 is 0 Å². The van der Waals surface area contributed by atoms with Gasteiger partial charge in [-0.05, 0) is 25.0 Å². The number of anilines is 1. The number of nitro groups is 1. The smallest absolute Gasteiger partial charge is 0.293 e. The van der Waals surface area contributed by atoms with E-state index in [-0.39, 0.29) is 17.2 Å². The Morgan fingerprint density at radius 1 is 1.53 bits per heavy atom. The molecular formula is C11H13BrN2O3. The first-order valence-corrected chi connectivity index (χ1v) is 6.24. The van der Waals surface area contributed by atoms with Crippen LogP contribution in [-0.4, -0.2) is 29.2 Å². The first-order chi connectivity index (χ1) is 8.13. The van der Waals surface area contributed by atoms with E-state index in [2.05, 4.69) is 15.9 Å². The molecule has 0 bridgehead atoms. The number of hydrogen-bond donors (Lipinski definition) is 1. The van der Waals surface area contributed by atoms with Gasteiger partial charge in [0.1, 0.15) is 5.69 Å². The zero-order valence-electron chi connectivity index (χ0n) is 9.17. The van der Waals surface area contributed by atoms with Gasteiger partial charge in [0.05, 0.1) is 11.5 Å². The average molecular weight is 301 g/mol. The van der Waals surface area contributed by atoms with Crippen molar-refractivity contribution in [3.05, 3.63) is 32.8 Å². The van der Waals surface area contributed by atoms with E-state index in [0.717, 1.165) is 12.8 Å². The van der Waals surface area contributed by atoms with Gasteiger partial charge in [0.15, 0.2) is 0 Å². The van der Waals surface area contributed by atoms with Crippen molar-refractivity contribution in [1.29, 1.82) is 0 Å². The molecule has 0 aliphatic heterocycles. The van der Waals surface area contributed by atoms with Gasteiger partial charge in [0.25, 0.3) is 5.69 Å². The van der Waals surface area contributed by atoms with E-state index in [9.17, 15) is 10.1 Å². The highest BCUT2D eigenvalue weighted by molar-refractivity contribution is 9.10. The van der Waals surface area contributed by atoms with Gasteiger partial charge in [-0.15, -0.1) is 0 Å². The third kappa shape index (κ3) is 2.76. The Hall–Kier alpha value is -1.14. The summed E-state index contributed by atoms with van der Waals surface area (Å²) in [6.45, 7) is 0.441. The number of rotatable bonds is 5. The minimum Gasteiger partial charge on any atom is -0.395 e. The predicted octanol–water partition coefficient (Wildman–Crippen LogP) is 2.32. The number of nitro benzene ring substituents is 1. The van der Waals surface area contributed by atoms with Gasteiger partial charge >= 0.3 is 0 Å². The first-order valence-electron chi connectivity index (χ1n) is 5.45. The van der Waals surface area contributed by atoms with Crippen LogP contribution in [0.3, 0.4) is 0 Å². The zero-order valence-corrected chi connectivity index (χ0v) is 10.8. The average Bonchev–Trinajstić information content (AvgIpc) is 3.10.